The molecule has 2 rings (SSSR count). The molecule has 0 radical (unpaired) electrons. The number of aliphatic hydroxyl groups excluding tert-OH is 1. The lowest BCUT2D eigenvalue weighted by atomic mass is 10.0. The molecule has 0 aromatic heterocycles. The Labute approximate surface area is 160 Å². The molecule has 0 spiro atoms. The minimum atomic E-state index is -0.897. The summed E-state index contributed by atoms with van der Waals surface area (Å²) in [6, 6.07) is 14.0. The summed E-state index contributed by atoms with van der Waals surface area (Å²) in [5, 5.41) is 10.4. The molecule has 2 aromatic rings. The van der Waals surface area contributed by atoms with Crippen LogP contribution in [0.15, 0.2) is 54.6 Å². The molecule has 3 N–H and O–H groups in total. The number of aliphatic hydroxyl groups is 1. The lowest BCUT2D eigenvalue weighted by Crippen LogP contribution is -2.42. The van der Waals surface area contributed by atoms with Gasteiger partial charge in [-0.3, -0.25) is 4.79 Å². The number of carbonyl (C=O) groups is 1. The smallest absolute Gasteiger partial charge is 0.244 e. The van der Waals surface area contributed by atoms with Crippen LogP contribution in [0.4, 0.5) is 4.39 Å². The molecule has 0 fully saturated rings. The van der Waals surface area contributed by atoms with E-state index >= 15 is 0 Å². The van der Waals surface area contributed by atoms with Crippen LogP contribution in [0.5, 0.6) is 0 Å². The number of hydrogen-bond donors (Lipinski definition) is 2. The van der Waals surface area contributed by atoms with E-state index in [-0.39, 0.29) is 36.6 Å². The topological polar surface area (TPSA) is 66.6 Å². The first-order chi connectivity index (χ1) is 11.9. The Bertz CT molecular complexity index is 680. The molecule has 0 aliphatic heterocycles. The van der Waals surface area contributed by atoms with Crippen LogP contribution in [0, 0.1) is 11.7 Å². The molecular formula is C20H26ClFN2O2. The molecule has 1 amide bonds. The van der Waals surface area contributed by atoms with Gasteiger partial charge >= 0.3 is 0 Å². The molecule has 2 atom stereocenters. The third-order valence-electron chi connectivity index (χ3n) is 3.97. The maximum Gasteiger partial charge on any atom is 0.244 e. The van der Waals surface area contributed by atoms with Crippen molar-refractivity contribution < 1.29 is 14.3 Å². The molecule has 0 saturated carbocycles. The fourth-order valence-corrected chi connectivity index (χ4v) is 2.69. The number of halogens is 2. The van der Waals surface area contributed by atoms with E-state index in [0.29, 0.717) is 12.1 Å². The maximum absolute atomic E-state index is 13.0. The first kappa shape index (κ1) is 22.1. The van der Waals surface area contributed by atoms with Crippen LogP contribution in [0.3, 0.4) is 0 Å². The van der Waals surface area contributed by atoms with Crippen molar-refractivity contribution in [3.05, 3.63) is 71.5 Å². The Morgan fingerprint density at radius 3 is 2.15 bits per heavy atom. The first-order valence-corrected chi connectivity index (χ1v) is 8.41. The Morgan fingerprint density at radius 1 is 1.04 bits per heavy atom. The van der Waals surface area contributed by atoms with Gasteiger partial charge in [-0.15, -0.1) is 12.4 Å². The molecule has 6 heteroatoms. The third kappa shape index (κ3) is 6.09. The fourth-order valence-electron chi connectivity index (χ4n) is 2.69. The van der Waals surface area contributed by atoms with Gasteiger partial charge in [0.2, 0.25) is 5.91 Å². The SMILES string of the molecule is CC(C)CN(CC(O)c1ccc(F)cc1)C(=O)C(N)c1ccccc1.Cl. The zero-order valence-corrected chi connectivity index (χ0v) is 15.8. The second-order valence-electron chi connectivity index (χ2n) is 6.59. The molecule has 2 unspecified atom stereocenters. The standard InChI is InChI=1S/C20H25FN2O2.ClH/c1-14(2)12-23(13-18(24)15-8-10-17(21)11-9-15)20(25)19(22)16-6-4-3-5-7-16;/h3-11,14,18-19,24H,12-13,22H2,1-2H3;1H. The molecule has 4 nitrogen and oxygen atoms in total. The highest BCUT2D eigenvalue weighted by molar-refractivity contribution is 5.85. The lowest BCUT2D eigenvalue weighted by Gasteiger charge is -2.29. The average molecular weight is 381 g/mol. The van der Waals surface area contributed by atoms with Crippen molar-refractivity contribution in [3.8, 4) is 0 Å². The van der Waals surface area contributed by atoms with Gasteiger partial charge in [0.25, 0.3) is 0 Å². The number of rotatable bonds is 7. The minimum absolute atomic E-state index is 0. The Hall–Kier alpha value is -1.95. The normalized spacial score (nSPS) is 13.0. The number of carbonyl (C=O) groups excluding carboxylic acids is 1. The van der Waals surface area contributed by atoms with Gasteiger partial charge in [0.1, 0.15) is 11.9 Å². The van der Waals surface area contributed by atoms with E-state index in [4.69, 9.17) is 5.73 Å². The summed E-state index contributed by atoms with van der Waals surface area (Å²) >= 11 is 0. The summed E-state index contributed by atoms with van der Waals surface area (Å²) in [5.41, 5.74) is 7.43. The third-order valence-corrected chi connectivity index (χ3v) is 3.97. The van der Waals surface area contributed by atoms with Crippen molar-refractivity contribution in [3.63, 3.8) is 0 Å². The highest BCUT2D eigenvalue weighted by Gasteiger charge is 2.25. The molecule has 2 aromatic carbocycles. The van der Waals surface area contributed by atoms with Crippen molar-refractivity contribution in [2.24, 2.45) is 11.7 Å². The zero-order valence-electron chi connectivity index (χ0n) is 15.0. The Kier molecular flexibility index (Phi) is 8.72. The van der Waals surface area contributed by atoms with Crippen LogP contribution in [0.2, 0.25) is 0 Å². The molecule has 0 saturated heterocycles. The number of benzene rings is 2. The van der Waals surface area contributed by atoms with Crippen molar-refractivity contribution in [2.45, 2.75) is 26.0 Å². The van der Waals surface area contributed by atoms with E-state index in [2.05, 4.69) is 0 Å². The number of hydrogen-bond acceptors (Lipinski definition) is 3. The van der Waals surface area contributed by atoms with Gasteiger partial charge in [0.05, 0.1) is 12.6 Å². The van der Waals surface area contributed by atoms with Crippen molar-refractivity contribution >= 4 is 18.3 Å². The summed E-state index contributed by atoms with van der Waals surface area (Å²) in [7, 11) is 0. The van der Waals surface area contributed by atoms with E-state index in [9.17, 15) is 14.3 Å². The Morgan fingerprint density at radius 2 is 1.62 bits per heavy atom. The number of nitrogens with two attached hydrogens (primary N) is 1. The highest BCUT2D eigenvalue weighted by Crippen LogP contribution is 2.19. The number of nitrogens with zero attached hydrogens (tertiary/aromatic N) is 1. The van der Waals surface area contributed by atoms with Gasteiger partial charge in [0.15, 0.2) is 0 Å². The Balaban J connectivity index is 0.00000338. The van der Waals surface area contributed by atoms with Crippen molar-refractivity contribution in [1.82, 2.24) is 4.90 Å². The summed E-state index contributed by atoms with van der Waals surface area (Å²) in [6.45, 7) is 4.60. The second-order valence-corrected chi connectivity index (χ2v) is 6.59. The molecule has 0 aliphatic rings. The van der Waals surface area contributed by atoms with Gasteiger partial charge in [-0.05, 0) is 29.2 Å². The first-order valence-electron chi connectivity index (χ1n) is 8.41. The summed E-state index contributed by atoms with van der Waals surface area (Å²) in [6.07, 6.45) is -0.897. The molecule has 0 heterocycles. The van der Waals surface area contributed by atoms with E-state index in [1.807, 2.05) is 44.2 Å². The van der Waals surface area contributed by atoms with Crippen LogP contribution in [0.25, 0.3) is 0 Å². The summed E-state index contributed by atoms with van der Waals surface area (Å²) < 4.78 is 13.0. The van der Waals surface area contributed by atoms with Gasteiger partial charge in [-0.1, -0.05) is 56.3 Å². The predicted octanol–water partition coefficient (Wildman–Crippen LogP) is 3.47. The quantitative estimate of drug-likeness (QED) is 0.773. The van der Waals surface area contributed by atoms with Crippen LogP contribution < -0.4 is 5.73 Å². The van der Waals surface area contributed by atoms with E-state index in [1.165, 1.54) is 24.3 Å². The molecule has 0 bridgehead atoms. The van der Waals surface area contributed by atoms with Gasteiger partial charge in [0, 0.05) is 6.54 Å². The van der Waals surface area contributed by atoms with Crippen molar-refractivity contribution in [2.75, 3.05) is 13.1 Å². The molecule has 0 aliphatic carbocycles. The van der Waals surface area contributed by atoms with Gasteiger partial charge < -0.3 is 15.7 Å². The summed E-state index contributed by atoms with van der Waals surface area (Å²) in [4.78, 5) is 14.4. The largest absolute Gasteiger partial charge is 0.387 e. The van der Waals surface area contributed by atoms with Gasteiger partial charge in [-0.25, -0.2) is 4.39 Å². The van der Waals surface area contributed by atoms with Crippen LogP contribution >= 0.6 is 12.4 Å². The highest BCUT2D eigenvalue weighted by atomic mass is 35.5. The van der Waals surface area contributed by atoms with Crippen LogP contribution in [0.1, 0.15) is 37.1 Å². The van der Waals surface area contributed by atoms with Gasteiger partial charge in [-0.2, -0.15) is 0 Å². The zero-order chi connectivity index (χ0) is 18.4. The van der Waals surface area contributed by atoms with E-state index in [1.54, 1.807) is 4.90 Å². The average Bonchev–Trinajstić information content (AvgIpc) is 2.60. The minimum Gasteiger partial charge on any atom is -0.387 e. The predicted molar refractivity (Wildman–Crippen MR) is 103 cm³/mol. The van der Waals surface area contributed by atoms with Crippen LogP contribution in [-0.4, -0.2) is 29.0 Å². The maximum atomic E-state index is 13.0. The van der Waals surface area contributed by atoms with Crippen molar-refractivity contribution in [1.29, 1.82) is 0 Å². The van der Waals surface area contributed by atoms with Crippen LogP contribution in [-0.2, 0) is 4.79 Å². The monoisotopic (exact) mass is 380 g/mol. The lowest BCUT2D eigenvalue weighted by molar-refractivity contribution is -0.134. The molecule has 142 valence electrons. The summed E-state index contributed by atoms with van der Waals surface area (Å²) in [5.74, 6) is -0.370. The van der Waals surface area contributed by atoms with E-state index in [0.717, 1.165) is 5.56 Å². The fraction of sp³-hybridized carbons (Fsp3) is 0.350. The number of amides is 1. The molecule has 26 heavy (non-hydrogen) atoms. The van der Waals surface area contributed by atoms with E-state index < -0.39 is 12.1 Å². The molecular weight excluding hydrogens is 355 g/mol. The second kappa shape index (κ2) is 10.3.